The Labute approximate surface area is 112 Å². The molecule has 2 N–H and O–H groups in total. The zero-order valence-electron chi connectivity index (χ0n) is 9.18. The van der Waals surface area contributed by atoms with Gasteiger partial charge in [0, 0.05) is 9.26 Å². The SMILES string of the molecule is Cc1cc(I)ccc1N(CC(=O)O)CC(=O)O. The number of carboxylic acids is 2. The summed E-state index contributed by atoms with van der Waals surface area (Å²) in [5, 5.41) is 17.5. The first-order chi connectivity index (χ1) is 7.90. The Kier molecular flexibility index (Phi) is 4.73. The number of benzene rings is 1. The number of carbonyl (C=O) groups is 2. The van der Waals surface area contributed by atoms with E-state index in [-0.39, 0.29) is 13.1 Å². The molecular weight excluding hydrogens is 337 g/mol. The second-order valence-electron chi connectivity index (χ2n) is 3.57. The second-order valence-corrected chi connectivity index (χ2v) is 4.82. The Hall–Kier alpha value is -1.31. The molecule has 1 aromatic carbocycles. The van der Waals surface area contributed by atoms with Gasteiger partial charge in [0.25, 0.3) is 0 Å². The van der Waals surface area contributed by atoms with Crippen LogP contribution in [0.1, 0.15) is 5.56 Å². The van der Waals surface area contributed by atoms with Crippen LogP contribution in [0.2, 0.25) is 0 Å². The Bertz CT molecular complexity index is 431. The molecule has 0 radical (unpaired) electrons. The third-order valence-electron chi connectivity index (χ3n) is 2.15. The highest BCUT2D eigenvalue weighted by Gasteiger charge is 2.15. The van der Waals surface area contributed by atoms with Crippen LogP contribution in [0.4, 0.5) is 5.69 Å². The number of aliphatic carboxylic acids is 2. The molecule has 17 heavy (non-hydrogen) atoms. The zero-order valence-corrected chi connectivity index (χ0v) is 11.3. The number of hydrogen-bond donors (Lipinski definition) is 2. The third-order valence-corrected chi connectivity index (χ3v) is 2.82. The van der Waals surface area contributed by atoms with Crippen LogP contribution in [-0.4, -0.2) is 35.2 Å². The average molecular weight is 349 g/mol. The van der Waals surface area contributed by atoms with E-state index in [0.29, 0.717) is 5.69 Å². The predicted molar refractivity (Wildman–Crippen MR) is 71.4 cm³/mol. The average Bonchev–Trinajstić information content (AvgIpc) is 2.14. The highest BCUT2D eigenvalue weighted by molar-refractivity contribution is 14.1. The van der Waals surface area contributed by atoms with Crippen molar-refractivity contribution in [3.63, 3.8) is 0 Å². The van der Waals surface area contributed by atoms with E-state index in [1.54, 1.807) is 6.07 Å². The maximum absolute atomic E-state index is 10.7. The van der Waals surface area contributed by atoms with Crippen LogP contribution in [0, 0.1) is 10.5 Å². The van der Waals surface area contributed by atoms with Gasteiger partial charge in [0.05, 0.1) is 0 Å². The lowest BCUT2D eigenvalue weighted by atomic mass is 10.2. The molecule has 6 heteroatoms. The predicted octanol–water partition coefficient (Wildman–Crippen LogP) is 1.58. The van der Waals surface area contributed by atoms with Gasteiger partial charge in [0.15, 0.2) is 0 Å². The largest absolute Gasteiger partial charge is 0.480 e. The summed E-state index contributed by atoms with van der Waals surface area (Å²) in [6.45, 7) is 1.18. The number of carboxylic acid groups (broad SMARTS) is 2. The van der Waals surface area contributed by atoms with Gasteiger partial charge in [-0.1, -0.05) is 0 Å². The molecule has 0 aliphatic rings. The van der Waals surface area contributed by atoms with Crippen LogP contribution < -0.4 is 4.90 Å². The van der Waals surface area contributed by atoms with Gasteiger partial charge >= 0.3 is 11.9 Å². The molecule has 1 aromatic rings. The van der Waals surface area contributed by atoms with Gasteiger partial charge in [-0.05, 0) is 53.3 Å². The topological polar surface area (TPSA) is 77.8 Å². The minimum Gasteiger partial charge on any atom is -0.480 e. The molecule has 5 nitrogen and oxygen atoms in total. The summed E-state index contributed by atoms with van der Waals surface area (Å²) >= 11 is 2.15. The molecular formula is C11H12INO4. The molecule has 0 unspecified atom stereocenters. The summed E-state index contributed by atoms with van der Waals surface area (Å²) < 4.78 is 1.02. The number of hydrogen-bond acceptors (Lipinski definition) is 3. The first kappa shape index (κ1) is 13.8. The molecule has 0 amide bonds. The summed E-state index contributed by atoms with van der Waals surface area (Å²) in [7, 11) is 0. The van der Waals surface area contributed by atoms with E-state index in [1.807, 2.05) is 19.1 Å². The quantitative estimate of drug-likeness (QED) is 0.790. The van der Waals surface area contributed by atoms with Gasteiger partial charge in [-0.3, -0.25) is 9.59 Å². The summed E-state index contributed by atoms with van der Waals surface area (Å²) in [5.74, 6) is -2.10. The van der Waals surface area contributed by atoms with Crippen LogP contribution in [0.25, 0.3) is 0 Å². The van der Waals surface area contributed by atoms with Crippen molar-refractivity contribution < 1.29 is 19.8 Å². The van der Waals surface area contributed by atoms with E-state index < -0.39 is 11.9 Å². The first-order valence-corrected chi connectivity index (χ1v) is 5.92. The number of aryl methyl sites for hydroxylation is 1. The van der Waals surface area contributed by atoms with Crippen LogP contribution in [0.15, 0.2) is 18.2 Å². The summed E-state index contributed by atoms with van der Waals surface area (Å²) in [5.41, 5.74) is 1.50. The Balaban J connectivity index is 3.02. The molecule has 0 aliphatic heterocycles. The van der Waals surface area contributed by atoms with E-state index in [0.717, 1.165) is 9.13 Å². The fraction of sp³-hybridized carbons (Fsp3) is 0.273. The normalized spacial score (nSPS) is 10.0. The van der Waals surface area contributed by atoms with Crippen molar-refractivity contribution in [1.29, 1.82) is 0 Å². The van der Waals surface area contributed by atoms with E-state index >= 15 is 0 Å². The van der Waals surface area contributed by atoms with Gasteiger partial charge in [0.2, 0.25) is 0 Å². The van der Waals surface area contributed by atoms with Gasteiger partial charge < -0.3 is 15.1 Å². The Morgan fingerprint density at radius 2 is 1.76 bits per heavy atom. The lowest BCUT2D eigenvalue weighted by Crippen LogP contribution is -2.34. The minimum atomic E-state index is -1.05. The van der Waals surface area contributed by atoms with Crippen LogP contribution >= 0.6 is 22.6 Å². The highest BCUT2D eigenvalue weighted by Crippen LogP contribution is 2.21. The maximum Gasteiger partial charge on any atom is 0.323 e. The lowest BCUT2D eigenvalue weighted by Gasteiger charge is -2.22. The highest BCUT2D eigenvalue weighted by atomic mass is 127. The summed E-state index contributed by atoms with van der Waals surface area (Å²) in [6.07, 6.45) is 0. The van der Waals surface area contributed by atoms with E-state index in [4.69, 9.17) is 10.2 Å². The molecule has 0 spiro atoms. The second kappa shape index (κ2) is 5.85. The fourth-order valence-electron chi connectivity index (χ4n) is 1.53. The molecule has 0 bridgehead atoms. The van der Waals surface area contributed by atoms with Gasteiger partial charge in [-0.2, -0.15) is 0 Å². The molecule has 0 fully saturated rings. The van der Waals surface area contributed by atoms with E-state index in [2.05, 4.69) is 22.6 Å². The molecule has 0 heterocycles. The Morgan fingerprint density at radius 3 is 2.18 bits per heavy atom. The summed E-state index contributed by atoms with van der Waals surface area (Å²) in [6, 6.07) is 5.44. The van der Waals surface area contributed by atoms with E-state index in [1.165, 1.54) is 4.90 Å². The molecule has 1 rings (SSSR count). The zero-order chi connectivity index (χ0) is 13.0. The smallest absolute Gasteiger partial charge is 0.323 e. The van der Waals surface area contributed by atoms with Crippen molar-refractivity contribution in [3.8, 4) is 0 Å². The number of rotatable bonds is 5. The molecule has 92 valence electrons. The van der Waals surface area contributed by atoms with Gasteiger partial charge in [0.1, 0.15) is 13.1 Å². The van der Waals surface area contributed by atoms with Crippen LogP contribution in [0.5, 0.6) is 0 Å². The number of halogens is 1. The maximum atomic E-state index is 10.7. The van der Waals surface area contributed by atoms with Crippen LogP contribution in [0.3, 0.4) is 0 Å². The van der Waals surface area contributed by atoms with Crippen LogP contribution in [-0.2, 0) is 9.59 Å². The van der Waals surface area contributed by atoms with E-state index in [9.17, 15) is 9.59 Å². The van der Waals surface area contributed by atoms with Crippen molar-refractivity contribution in [2.45, 2.75) is 6.92 Å². The number of nitrogens with zero attached hydrogens (tertiary/aromatic N) is 1. The first-order valence-electron chi connectivity index (χ1n) is 4.85. The Morgan fingerprint density at radius 1 is 1.24 bits per heavy atom. The third kappa shape index (κ3) is 4.22. The molecule has 0 aromatic heterocycles. The van der Waals surface area contributed by atoms with Crippen molar-refractivity contribution in [2.75, 3.05) is 18.0 Å². The fourth-order valence-corrected chi connectivity index (χ4v) is 2.17. The van der Waals surface area contributed by atoms with Gasteiger partial charge in [-0.25, -0.2) is 0 Å². The monoisotopic (exact) mass is 349 g/mol. The standard InChI is InChI=1S/C11H12INO4/c1-7-4-8(12)2-3-9(7)13(5-10(14)15)6-11(16)17/h2-4H,5-6H2,1H3,(H,14,15)(H,16,17). The molecule has 0 aliphatic carbocycles. The lowest BCUT2D eigenvalue weighted by molar-refractivity contribution is -0.136. The molecule has 0 saturated carbocycles. The van der Waals surface area contributed by atoms with Crippen molar-refractivity contribution in [2.24, 2.45) is 0 Å². The number of anilines is 1. The molecule has 0 saturated heterocycles. The van der Waals surface area contributed by atoms with Crippen molar-refractivity contribution in [1.82, 2.24) is 0 Å². The molecule has 0 atom stereocenters. The van der Waals surface area contributed by atoms with Crippen molar-refractivity contribution >= 4 is 40.2 Å². The van der Waals surface area contributed by atoms with Crippen molar-refractivity contribution in [3.05, 3.63) is 27.3 Å². The summed E-state index contributed by atoms with van der Waals surface area (Å²) in [4.78, 5) is 22.7. The van der Waals surface area contributed by atoms with Gasteiger partial charge in [-0.15, -0.1) is 0 Å². The minimum absolute atomic E-state index is 0.326.